The summed E-state index contributed by atoms with van der Waals surface area (Å²) in [7, 11) is 0. The maximum absolute atomic E-state index is 14.4. The number of hydrogen-bond acceptors (Lipinski definition) is 4. The molecule has 2 aliphatic rings. The fraction of sp³-hybridized carbons (Fsp3) is 0.679. The molecule has 7 heteroatoms. The smallest absolute Gasteiger partial charge is 0.275 e. The van der Waals surface area contributed by atoms with Gasteiger partial charge in [-0.1, -0.05) is 49.3 Å². The number of hydrogen-bond donors (Lipinski definition) is 1. The highest BCUT2D eigenvalue weighted by Crippen LogP contribution is 2.60. The topological polar surface area (TPSA) is 63.8 Å². The van der Waals surface area contributed by atoms with Crippen molar-refractivity contribution in [3.05, 3.63) is 41.5 Å². The monoisotopic (exact) mass is 486 g/mol. The number of aryl methyl sites for hydroxylation is 1. The van der Waals surface area contributed by atoms with Gasteiger partial charge in [0.15, 0.2) is 5.82 Å². The first-order chi connectivity index (χ1) is 16.4. The van der Waals surface area contributed by atoms with E-state index in [0.717, 1.165) is 43.5 Å². The van der Waals surface area contributed by atoms with Crippen molar-refractivity contribution in [2.45, 2.75) is 97.6 Å². The van der Waals surface area contributed by atoms with E-state index in [1.165, 1.54) is 25.0 Å². The van der Waals surface area contributed by atoms with E-state index in [-0.39, 0.29) is 17.8 Å². The molecule has 0 spiro atoms. The predicted octanol–water partition coefficient (Wildman–Crippen LogP) is 6.61. The quantitative estimate of drug-likeness (QED) is 0.426. The molecule has 1 aromatic carbocycles. The van der Waals surface area contributed by atoms with E-state index in [9.17, 15) is 13.9 Å². The van der Waals surface area contributed by atoms with Crippen LogP contribution in [0.25, 0.3) is 11.4 Å². The van der Waals surface area contributed by atoms with E-state index < -0.39 is 11.5 Å². The Labute approximate surface area is 208 Å². The van der Waals surface area contributed by atoms with Crippen LogP contribution in [-0.4, -0.2) is 36.8 Å². The van der Waals surface area contributed by atoms with Gasteiger partial charge >= 0.3 is 0 Å². The van der Waals surface area contributed by atoms with Crippen LogP contribution in [0, 0.1) is 30.1 Å². The molecule has 35 heavy (non-hydrogen) atoms. The number of halogens is 2. The summed E-state index contributed by atoms with van der Waals surface area (Å²) in [5.74, 6) is -1.19. The lowest BCUT2D eigenvalue weighted by molar-refractivity contribution is -0.168. The van der Waals surface area contributed by atoms with E-state index >= 15 is 0 Å². The Morgan fingerprint density at radius 1 is 1.29 bits per heavy atom. The molecule has 4 rings (SSSR count). The molecule has 0 bridgehead atoms. The molecule has 5 nitrogen and oxygen atoms in total. The molecule has 192 valence electrons. The number of alkyl halides is 2. The van der Waals surface area contributed by atoms with Crippen molar-refractivity contribution in [1.82, 2.24) is 20.2 Å². The Balaban J connectivity index is 1.47. The number of rotatable bonds is 8. The Kier molecular flexibility index (Phi) is 7.20. The molecule has 2 saturated carbocycles. The molecule has 0 saturated heterocycles. The highest BCUT2D eigenvalue weighted by atomic mass is 19.3. The zero-order valence-electron chi connectivity index (χ0n) is 21.8. The number of aliphatic hydroxyl groups is 1. The maximum atomic E-state index is 14.4. The van der Waals surface area contributed by atoms with Crippen LogP contribution in [0.4, 0.5) is 8.78 Å². The standard InChI is InChI=1S/C28H40F2N4O/c1-19-8-6-9-22(18-19)25-31-32-33-34(25)17-14-21-10-7-15-27(5)23(11-12-24(21)27)20(2)13-16-28(29,30)26(3,4)35/h6,8-9,14,18,20,23-24,35H,7,10-13,15-17H2,1-5H3/b21-14+/t20-,23-,24+,27-/m1/s1. The Hall–Kier alpha value is -2.15. The van der Waals surface area contributed by atoms with Gasteiger partial charge in [0.05, 0.1) is 6.54 Å². The second kappa shape index (κ2) is 9.72. The predicted molar refractivity (Wildman–Crippen MR) is 134 cm³/mol. The van der Waals surface area contributed by atoms with Crippen LogP contribution in [0.1, 0.15) is 78.2 Å². The van der Waals surface area contributed by atoms with Gasteiger partial charge in [0, 0.05) is 12.0 Å². The van der Waals surface area contributed by atoms with Crippen LogP contribution >= 0.6 is 0 Å². The maximum Gasteiger partial charge on any atom is 0.275 e. The Morgan fingerprint density at radius 2 is 2.06 bits per heavy atom. The third-order valence-corrected chi connectivity index (χ3v) is 8.87. The number of tetrazole rings is 1. The zero-order chi connectivity index (χ0) is 25.4. The lowest BCUT2D eigenvalue weighted by atomic mass is 9.60. The SMILES string of the molecule is Cc1cccc(-c2nnnn2C/C=C2\CCC[C@]3(C)[C@@H]([C@H](C)CCC(F)(F)C(C)(C)O)CC[C@@H]23)c1. The summed E-state index contributed by atoms with van der Waals surface area (Å²) in [6, 6.07) is 8.21. The van der Waals surface area contributed by atoms with Gasteiger partial charge in [-0.3, -0.25) is 0 Å². The normalized spacial score (nSPS) is 27.3. The second-order valence-corrected chi connectivity index (χ2v) is 11.7. The van der Waals surface area contributed by atoms with Crippen LogP contribution in [-0.2, 0) is 6.54 Å². The fourth-order valence-electron chi connectivity index (χ4n) is 6.70. The van der Waals surface area contributed by atoms with E-state index in [4.69, 9.17) is 0 Å². The zero-order valence-corrected chi connectivity index (χ0v) is 21.8. The second-order valence-electron chi connectivity index (χ2n) is 11.7. The number of nitrogens with zero attached hydrogens (tertiary/aromatic N) is 4. The van der Waals surface area contributed by atoms with Crippen LogP contribution in [0.15, 0.2) is 35.9 Å². The Bertz CT molecular complexity index is 1060. The minimum Gasteiger partial charge on any atom is -0.384 e. The molecule has 1 aromatic heterocycles. The van der Waals surface area contributed by atoms with E-state index in [1.807, 2.05) is 16.8 Å². The van der Waals surface area contributed by atoms with E-state index in [0.29, 0.717) is 24.8 Å². The molecule has 0 unspecified atom stereocenters. The highest BCUT2D eigenvalue weighted by Gasteiger charge is 2.51. The van der Waals surface area contributed by atoms with E-state index in [2.05, 4.69) is 54.5 Å². The summed E-state index contributed by atoms with van der Waals surface area (Å²) in [5, 5.41) is 22.3. The highest BCUT2D eigenvalue weighted by molar-refractivity contribution is 5.55. The summed E-state index contributed by atoms with van der Waals surface area (Å²) in [4.78, 5) is 0. The van der Waals surface area contributed by atoms with Gasteiger partial charge in [0.2, 0.25) is 0 Å². The third kappa shape index (κ3) is 5.20. The van der Waals surface area contributed by atoms with Gasteiger partial charge < -0.3 is 5.11 Å². The van der Waals surface area contributed by atoms with Crippen molar-refractivity contribution < 1.29 is 13.9 Å². The minimum atomic E-state index is -3.07. The molecule has 1 heterocycles. The largest absolute Gasteiger partial charge is 0.384 e. The number of aromatic nitrogens is 4. The molecule has 0 amide bonds. The van der Waals surface area contributed by atoms with Gasteiger partial charge in [0.1, 0.15) is 5.60 Å². The molecule has 4 atom stereocenters. The molecule has 2 fully saturated rings. The number of benzene rings is 1. The molecule has 1 N–H and O–H groups in total. The lowest BCUT2D eigenvalue weighted by Gasteiger charge is -2.44. The van der Waals surface area contributed by atoms with Gasteiger partial charge in [-0.25, -0.2) is 13.5 Å². The Morgan fingerprint density at radius 3 is 2.77 bits per heavy atom. The van der Waals surface area contributed by atoms with Crippen LogP contribution in [0.2, 0.25) is 0 Å². The van der Waals surface area contributed by atoms with Crippen LogP contribution in [0.5, 0.6) is 0 Å². The van der Waals surface area contributed by atoms with Crippen molar-refractivity contribution >= 4 is 0 Å². The number of fused-ring (bicyclic) bond motifs is 1. The van der Waals surface area contributed by atoms with Crippen molar-refractivity contribution in [3.8, 4) is 11.4 Å². The third-order valence-electron chi connectivity index (χ3n) is 8.87. The molecular formula is C28H40F2N4O. The summed E-state index contributed by atoms with van der Waals surface area (Å²) < 4.78 is 30.7. The molecule has 2 aliphatic carbocycles. The molecule has 2 aromatic rings. The first kappa shape index (κ1) is 25.9. The minimum absolute atomic E-state index is 0.132. The summed E-state index contributed by atoms with van der Waals surface area (Å²) in [5.41, 5.74) is 1.81. The molecular weight excluding hydrogens is 446 g/mol. The summed E-state index contributed by atoms with van der Waals surface area (Å²) in [6.45, 7) is 9.62. The van der Waals surface area contributed by atoms with Gasteiger partial charge in [-0.05, 0) is 99.0 Å². The average Bonchev–Trinajstić information content (AvgIpc) is 3.39. The van der Waals surface area contributed by atoms with Crippen molar-refractivity contribution in [2.75, 3.05) is 0 Å². The summed E-state index contributed by atoms with van der Waals surface area (Å²) >= 11 is 0. The average molecular weight is 487 g/mol. The molecule has 0 aliphatic heterocycles. The fourth-order valence-corrected chi connectivity index (χ4v) is 6.70. The van der Waals surface area contributed by atoms with Crippen LogP contribution < -0.4 is 0 Å². The first-order valence-corrected chi connectivity index (χ1v) is 13.0. The van der Waals surface area contributed by atoms with Gasteiger partial charge in [-0.15, -0.1) is 5.10 Å². The summed E-state index contributed by atoms with van der Waals surface area (Å²) in [6.07, 6.45) is 8.03. The van der Waals surface area contributed by atoms with Crippen molar-refractivity contribution in [2.24, 2.45) is 23.2 Å². The molecule has 0 radical (unpaired) electrons. The van der Waals surface area contributed by atoms with Crippen LogP contribution in [0.3, 0.4) is 0 Å². The van der Waals surface area contributed by atoms with Gasteiger partial charge in [-0.2, -0.15) is 0 Å². The van der Waals surface area contributed by atoms with Crippen molar-refractivity contribution in [3.63, 3.8) is 0 Å². The first-order valence-electron chi connectivity index (χ1n) is 13.0. The lowest BCUT2D eigenvalue weighted by Crippen LogP contribution is -2.43. The van der Waals surface area contributed by atoms with Gasteiger partial charge in [0.25, 0.3) is 5.92 Å². The van der Waals surface area contributed by atoms with Crippen molar-refractivity contribution in [1.29, 1.82) is 0 Å². The number of allylic oxidation sites excluding steroid dienone is 2. The van der Waals surface area contributed by atoms with E-state index in [1.54, 1.807) is 0 Å².